The molecule has 0 aliphatic rings. The second-order valence-electron chi connectivity index (χ2n) is 4.91. The Morgan fingerprint density at radius 2 is 2.05 bits per heavy atom. The van der Waals surface area contributed by atoms with Crippen molar-refractivity contribution in [2.24, 2.45) is 11.8 Å². The summed E-state index contributed by atoms with van der Waals surface area (Å²) in [5, 5.41) is 11.6. The van der Waals surface area contributed by atoms with Gasteiger partial charge in [-0.2, -0.15) is 0 Å². The van der Waals surface area contributed by atoms with Crippen LogP contribution in [-0.4, -0.2) is 30.7 Å². The summed E-state index contributed by atoms with van der Waals surface area (Å²) < 4.78 is 13.1. The lowest BCUT2D eigenvalue weighted by Gasteiger charge is -2.21. The monoisotopic (exact) mass is 282 g/mol. The number of hydrogen-bond acceptors (Lipinski definition) is 2. The van der Waals surface area contributed by atoms with Crippen LogP contribution in [0.1, 0.15) is 13.8 Å². The molecule has 1 atom stereocenters. The Balaban J connectivity index is 2.64. The SMILES string of the molecule is CC(C)C(CNC(=O)N(C)c1cccc(F)c1)C(=O)O. The van der Waals surface area contributed by atoms with E-state index >= 15 is 0 Å². The van der Waals surface area contributed by atoms with Crippen molar-refractivity contribution in [3.05, 3.63) is 30.1 Å². The first kappa shape index (κ1) is 15.9. The molecule has 2 amide bonds. The highest BCUT2D eigenvalue weighted by molar-refractivity contribution is 5.91. The lowest BCUT2D eigenvalue weighted by molar-refractivity contribution is -0.142. The van der Waals surface area contributed by atoms with Crippen LogP contribution >= 0.6 is 0 Å². The topological polar surface area (TPSA) is 69.6 Å². The zero-order valence-electron chi connectivity index (χ0n) is 11.8. The van der Waals surface area contributed by atoms with Crippen molar-refractivity contribution in [1.29, 1.82) is 0 Å². The number of aliphatic carboxylic acids is 1. The Labute approximate surface area is 117 Å². The molecule has 0 spiro atoms. The van der Waals surface area contributed by atoms with Gasteiger partial charge in [-0.05, 0) is 24.1 Å². The second kappa shape index (κ2) is 6.88. The van der Waals surface area contributed by atoms with Gasteiger partial charge in [-0.25, -0.2) is 9.18 Å². The van der Waals surface area contributed by atoms with Gasteiger partial charge in [-0.15, -0.1) is 0 Å². The van der Waals surface area contributed by atoms with E-state index in [-0.39, 0.29) is 12.5 Å². The van der Waals surface area contributed by atoms with Crippen LogP contribution in [0.2, 0.25) is 0 Å². The van der Waals surface area contributed by atoms with Crippen LogP contribution in [-0.2, 0) is 4.79 Å². The van der Waals surface area contributed by atoms with Gasteiger partial charge in [0.2, 0.25) is 0 Å². The zero-order valence-corrected chi connectivity index (χ0v) is 11.8. The maximum absolute atomic E-state index is 13.1. The lowest BCUT2D eigenvalue weighted by atomic mass is 9.96. The molecule has 0 saturated carbocycles. The molecular weight excluding hydrogens is 263 g/mol. The summed E-state index contributed by atoms with van der Waals surface area (Å²) in [6.07, 6.45) is 0. The number of carboxylic acid groups (broad SMARTS) is 1. The summed E-state index contributed by atoms with van der Waals surface area (Å²) in [6, 6.07) is 5.15. The summed E-state index contributed by atoms with van der Waals surface area (Å²) in [5.74, 6) is -2.13. The van der Waals surface area contributed by atoms with Crippen LogP contribution in [0.5, 0.6) is 0 Å². The van der Waals surface area contributed by atoms with Crippen molar-refractivity contribution in [3.63, 3.8) is 0 Å². The quantitative estimate of drug-likeness (QED) is 0.870. The molecule has 110 valence electrons. The first-order valence-corrected chi connectivity index (χ1v) is 6.33. The number of carboxylic acids is 1. The zero-order chi connectivity index (χ0) is 15.3. The van der Waals surface area contributed by atoms with Crippen molar-refractivity contribution >= 4 is 17.7 Å². The third-order valence-electron chi connectivity index (χ3n) is 3.10. The Hall–Kier alpha value is -2.11. The van der Waals surface area contributed by atoms with Gasteiger partial charge in [0.25, 0.3) is 0 Å². The molecule has 1 unspecified atom stereocenters. The average molecular weight is 282 g/mol. The molecule has 20 heavy (non-hydrogen) atoms. The molecule has 0 heterocycles. The molecule has 2 N–H and O–H groups in total. The van der Waals surface area contributed by atoms with E-state index in [0.717, 1.165) is 0 Å². The van der Waals surface area contributed by atoms with Crippen molar-refractivity contribution < 1.29 is 19.1 Å². The number of nitrogens with zero attached hydrogens (tertiary/aromatic N) is 1. The number of carbonyl (C=O) groups is 2. The number of halogens is 1. The van der Waals surface area contributed by atoms with E-state index in [1.807, 2.05) is 0 Å². The smallest absolute Gasteiger partial charge is 0.321 e. The number of amides is 2. The van der Waals surface area contributed by atoms with E-state index in [4.69, 9.17) is 5.11 Å². The van der Waals surface area contributed by atoms with Crippen molar-refractivity contribution in [3.8, 4) is 0 Å². The van der Waals surface area contributed by atoms with E-state index in [9.17, 15) is 14.0 Å². The number of urea groups is 1. The van der Waals surface area contributed by atoms with Gasteiger partial charge in [0.15, 0.2) is 0 Å². The molecule has 0 aromatic heterocycles. The predicted molar refractivity (Wildman–Crippen MR) is 74.2 cm³/mol. The van der Waals surface area contributed by atoms with Gasteiger partial charge in [-0.1, -0.05) is 19.9 Å². The number of hydrogen-bond donors (Lipinski definition) is 2. The minimum Gasteiger partial charge on any atom is -0.481 e. The third-order valence-corrected chi connectivity index (χ3v) is 3.10. The van der Waals surface area contributed by atoms with Crippen LogP contribution in [0.4, 0.5) is 14.9 Å². The fourth-order valence-corrected chi connectivity index (χ4v) is 1.73. The third kappa shape index (κ3) is 4.22. The molecule has 1 aromatic rings. The molecule has 0 aliphatic carbocycles. The number of benzene rings is 1. The minimum atomic E-state index is -0.950. The van der Waals surface area contributed by atoms with E-state index in [1.54, 1.807) is 19.9 Å². The minimum absolute atomic E-state index is 0.0332. The van der Waals surface area contributed by atoms with E-state index in [2.05, 4.69) is 5.32 Å². The number of anilines is 1. The first-order valence-electron chi connectivity index (χ1n) is 6.33. The van der Waals surface area contributed by atoms with Gasteiger partial charge < -0.3 is 10.4 Å². The van der Waals surface area contributed by atoms with E-state index < -0.39 is 23.7 Å². The van der Waals surface area contributed by atoms with Crippen LogP contribution in [0.25, 0.3) is 0 Å². The molecule has 1 aromatic carbocycles. The van der Waals surface area contributed by atoms with Crippen molar-refractivity contribution in [2.45, 2.75) is 13.8 Å². The summed E-state index contributed by atoms with van der Waals surface area (Å²) in [7, 11) is 1.50. The highest BCUT2D eigenvalue weighted by atomic mass is 19.1. The van der Waals surface area contributed by atoms with Gasteiger partial charge in [0.05, 0.1) is 5.92 Å². The summed E-state index contributed by atoms with van der Waals surface area (Å²) in [4.78, 5) is 24.2. The Bertz CT molecular complexity index is 491. The van der Waals surface area contributed by atoms with Gasteiger partial charge in [0.1, 0.15) is 5.82 Å². The van der Waals surface area contributed by atoms with Gasteiger partial charge in [-0.3, -0.25) is 9.69 Å². The van der Waals surface area contributed by atoms with Crippen LogP contribution in [0, 0.1) is 17.7 Å². The predicted octanol–water partition coefficient (Wildman–Crippen LogP) is 2.33. The molecule has 5 nitrogen and oxygen atoms in total. The molecule has 6 heteroatoms. The standard InChI is InChI=1S/C14H19FN2O3/c1-9(2)12(13(18)19)8-16-14(20)17(3)11-6-4-5-10(15)7-11/h4-7,9,12H,8H2,1-3H3,(H,16,20)(H,18,19). The van der Waals surface area contributed by atoms with Gasteiger partial charge >= 0.3 is 12.0 Å². The highest BCUT2D eigenvalue weighted by Crippen LogP contribution is 2.14. The number of carbonyl (C=O) groups excluding carboxylic acids is 1. The Kier molecular flexibility index (Phi) is 5.49. The molecule has 1 rings (SSSR count). The molecule has 0 radical (unpaired) electrons. The maximum atomic E-state index is 13.1. The summed E-state index contributed by atoms with van der Waals surface area (Å²) in [5.41, 5.74) is 0.402. The van der Waals surface area contributed by atoms with Crippen molar-refractivity contribution in [1.82, 2.24) is 5.32 Å². The molecule has 0 saturated heterocycles. The van der Waals surface area contributed by atoms with E-state index in [1.165, 1.54) is 30.1 Å². The van der Waals surface area contributed by atoms with Gasteiger partial charge in [0, 0.05) is 19.3 Å². The molecular formula is C14H19FN2O3. The molecule has 0 fully saturated rings. The average Bonchev–Trinajstić information content (AvgIpc) is 2.37. The highest BCUT2D eigenvalue weighted by Gasteiger charge is 2.22. The molecule has 0 bridgehead atoms. The van der Waals surface area contributed by atoms with Crippen LogP contribution in [0.3, 0.4) is 0 Å². The lowest BCUT2D eigenvalue weighted by Crippen LogP contribution is -2.42. The number of rotatable bonds is 5. The van der Waals surface area contributed by atoms with E-state index in [0.29, 0.717) is 5.69 Å². The summed E-state index contributed by atoms with van der Waals surface area (Å²) in [6.45, 7) is 3.59. The maximum Gasteiger partial charge on any atom is 0.321 e. The Morgan fingerprint density at radius 1 is 1.40 bits per heavy atom. The summed E-state index contributed by atoms with van der Waals surface area (Å²) >= 11 is 0. The fraction of sp³-hybridized carbons (Fsp3) is 0.429. The van der Waals surface area contributed by atoms with Crippen molar-refractivity contribution in [2.75, 3.05) is 18.5 Å². The fourth-order valence-electron chi connectivity index (χ4n) is 1.73. The largest absolute Gasteiger partial charge is 0.481 e. The molecule has 0 aliphatic heterocycles. The number of nitrogens with one attached hydrogen (secondary N) is 1. The van der Waals surface area contributed by atoms with Crippen LogP contribution < -0.4 is 10.2 Å². The first-order chi connectivity index (χ1) is 9.32. The van der Waals surface area contributed by atoms with Crippen LogP contribution in [0.15, 0.2) is 24.3 Å². The second-order valence-corrected chi connectivity index (χ2v) is 4.91. The normalized spacial score (nSPS) is 12.1. The Morgan fingerprint density at radius 3 is 2.55 bits per heavy atom.